The van der Waals surface area contributed by atoms with Gasteiger partial charge >= 0.3 is 0 Å². The summed E-state index contributed by atoms with van der Waals surface area (Å²) in [6, 6.07) is 23.3. The Morgan fingerprint density at radius 1 is 0.857 bits per heavy atom. The third kappa shape index (κ3) is 2.00. The van der Waals surface area contributed by atoms with Gasteiger partial charge in [0.25, 0.3) is 0 Å². The van der Waals surface area contributed by atoms with Crippen LogP contribution in [0.25, 0.3) is 21.8 Å². The Labute approximate surface area is 123 Å². The first-order valence-electron chi connectivity index (χ1n) is 7.20. The number of nitrogens with zero attached hydrogens (tertiary/aromatic N) is 2. The molecule has 0 N–H and O–H groups in total. The SMILES string of the molecule is Cn1c(Cc2cccc3ccccc23)nc2ccccc21. The smallest absolute Gasteiger partial charge is 0.114 e. The lowest BCUT2D eigenvalue weighted by Crippen LogP contribution is -1.99. The van der Waals surface area contributed by atoms with Gasteiger partial charge in [0.05, 0.1) is 11.0 Å². The predicted octanol–water partition coefficient (Wildman–Crippen LogP) is 4.32. The third-order valence-electron chi connectivity index (χ3n) is 4.11. The summed E-state index contributed by atoms with van der Waals surface area (Å²) >= 11 is 0. The Morgan fingerprint density at radius 2 is 1.62 bits per heavy atom. The van der Waals surface area contributed by atoms with E-state index in [1.165, 1.54) is 21.9 Å². The van der Waals surface area contributed by atoms with Crippen LogP contribution >= 0.6 is 0 Å². The van der Waals surface area contributed by atoms with E-state index in [1.54, 1.807) is 0 Å². The second-order valence-electron chi connectivity index (χ2n) is 5.39. The van der Waals surface area contributed by atoms with Gasteiger partial charge in [0.2, 0.25) is 0 Å². The van der Waals surface area contributed by atoms with Crippen LogP contribution in [0, 0.1) is 0 Å². The standard InChI is InChI=1S/C19H16N2/c1-21-18-12-5-4-11-17(18)20-19(21)13-15-9-6-8-14-7-2-3-10-16(14)15/h2-12H,13H2,1H3. The number of benzene rings is 3. The van der Waals surface area contributed by atoms with E-state index in [-0.39, 0.29) is 0 Å². The summed E-state index contributed by atoms with van der Waals surface area (Å²) in [7, 11) is 2.09. The van der Waals surface area contributed by atoms with E-state index in [9.17, 15) is 0 Å². The fourth-order valence-corrected chi connectivity index (χ4v) is 2.97. The molecular weight excluding hydrogens is 256 g/mol. The highest BCUT2D eigenvalue weighted by molar-refractivity contribution is 5.86. The van der Waals surface area contributed by atoms with E-state index in [4.69, 9.17) is 4.98 Å². The van der Waals surface area contributed by atoms with Crippen molar-refractivity contribution in [1.29, 1.82) is 0 Å². The molecule has 0 aliphatic carbocycles. The Hall–Kier alpha value is -2.61. The number of aryl methyl sites for hydroxylation is 1. The van der Waals surface area contributed by atoms with Crippen LogP contribution in [0.1, 0.15) is 11.4 Å². The minimum Gasteiger partial charge on any atom is -0.331 e. The van der Waals surface area contributed by atoms with Crippen LogP contribution in [0.5, 0.6) is 0 Å². The quantitative estimate of drug-likeness (QED) is 0.531. The summed E-state index contributed by atoms with van der Waals surface area (Å²) in [6.45, 7) is 0. The lowest BCUT2D eigenvalue weighted by Gasteiger charge is -2.07. The molecule has 1 heterocycles. The molecule has 4 rings (SSSR count). The van der Waals surface area contributed by atoms with Gasteiger partial charge in [-0.1, -0.05) is 54.6 Å². The number of rotatable bonds is 2. The van der Waals surface area contributed by atoms with Crippen molar-refractivity contribution >= 4 is 21.8 Å². The van der Waals surface area contributed by atoms with Gasteiger partial charge in [0, 0.05) is 13.5 Å². The van der Waals surface area contributed by atoms with Crippen LogP contribution in [0.4, 0.5) is 0 Å². The number of aromatic nitrogens is 2. The monoisotopic (exact) mass is 272 g/mol. The van der Waals surface area contributed by atoms with Gasteiger partial charge in [-0.2, -0.15) is 0 Å². The number of para-hydroxylation sites is 2. The summed E-state index contributed by atoms with van der Waals surface area (Å²) in [5, 5.41) is 2.60. The van der Waals surface area contributed by atoms with Gasteiger partial charge in [0.1, 0.15) is 5.82 Å². The van der Waals surface area contributed by atoms with Gasteiger partial charge in [0.15, 0.2) is 0 Å². The minimum absolute atomic E-state index is 0.854. The molecule has 0 bridgehead atoms. The van der Waals surface area contributed by atoms with Crippen molar-refractivity contribution in [2.24, 2.45) is 7.05 Å². The lowest BCUT2D eigenvalue weighted by molar-refractivity contribution is 0.847. The average Bonchev–Trinajstić information content (AvgIpc) is 2.85. The molecule has 0 fully saturated rings. The average molecular weight is 272 g/mol. The molecular formula is C19H16N2. The molecule has 0 saturated carbocycles. The maximum atomic E-state index is 4.78. The van der Waals surface area contributed by atoms with Crippen molar-refractivity contribution in [2.75, 3.05) is 0 Å². The largest absolute Gasteiger partial charge is 0.331 e. The topological polar surface area (TPSA) is 17.8 Å². The van der Waals surface area contributed by atoms with Crippen molar-refractivity contribution in [2.45, 2.75) is 6.42 Å². The second kappa shape index (κ2) is 4.74. The molecule has 2 heteroatoms. The highest BCUT2D eigenvalue weighted by Crippen LogP contribution is 2.22. The molecule has 21 heavy (non-hydrogen) atoms. The summed E-state index contributed by atoms with van der Waals surface area (Å²) in [5.74, 6) is 1.10. The van der Waals surface area contributed by atoms with Gasteiger partial charge < -0.3 is 4.57 Å². The highest BCUT2D eigenvalue weighted by atomic mass is 15.1. The molecule has 102 valence electrons. The van der Waals surface area contributed by atoms with E-state index in [1.807, 2.05) is 6.07 Å². The van der Waals surface area contributed by atoms with Gasteiger partial charge in [-0.05, 0) is 28.5 Å². The zero-order valence-corrected chi connectivity index (χ0v) is 12.0. The van der Waals surface area contributed by atoms with Crippen molar-refractivity contribution in [3.8, 4) is 0 Å². The minimum atomic E-state index is 0.854. The van der Waals surface area contributed by atoms with Crippen molar-refractivity contribution in [3.05, 3.63) is 78.1 Å². The van der Waals surface area contributed by atoms with Crippen molar-refractivity contribution in [3.63, 3.8) is 0 Å². The number of fused-ring (bicyclic) bond motifs is 2. The predicted molar refractivity (Wildman–Crippen MR) is 87.5 cm³/mol. The molecule has 0 atom stereocenters. The molecule has 4 aromatic rings. The second-order valence-corrected chi connectivity index (χ2v) is 5.39. The summed E-state index contributed by atoms with van der Waals surface area (Å²) in [5.41, 5.74) is 3.58. The summed E-state index contributed by atoms with van der Waals surface area (Å²) in [4.78, 5) is 4.78. The van der Waals surface area contributed by atoms with E-state index < -0.39 is 0 Å². The Kier molecular flexibility index (Phi) is 2.74. The van der Waals surface area contributed by atoms with Crippen LogP contribution in [-0.2, 0) is 13.5 Å². The molecule has 0 aliphatic rings. The normalized spacial score (nSPS) is 11.3. The highest BCUT2D eigenvalue weighted by Gasteiger charge is 2.09. The van der Waals surface area contributed by atoms with Crippen LogP contribution in [0.2, 0.25) is 0 Å². The zero-order chi connectivity index (χ0) is 14.2. The molecule has 0 radical (unpaired) electrons. The molecule has 1 aromatic heterocycles. The van der Waals surface area contributed by atoms with E-state index >= 15 is 0 Å². The Morgan fingerprint density at radius 3 is 2.52 bits per heavy atom. The van der Waals surface area contributed by atoms with Crippen molar-refractivity contribution in [1.82, 2.24) is 9.55 Å². The van der Waals surface area contributed by atoms with Gasteiger partial charge in [-0.25, -0.2) is 4.98 Å². The Bertz CT molecular complexity index is 929. The first kappa shape index (κ1) is 12.2. The fraction of sp³-hybridized carbons (Fsp3) is 0.105. The van der Waals surface area contributed by atoms with Crippen molar-refractivity contribution < 1.29 is 0 Å². The number of hydrogen-bond acceptors (Lipinski definition) is 1. The van der Waals surface area contributed by atoms with E-state index in [2.05, 4.69) is 72.3 Å². The first-order valence-corrected chi connectivity index (χ1v) is 7.20. The van der Waals surface area contributed by atoms with E-state index in [0.29, 0.717) is 0 Å². The molecule has 0 amide bonds. The fourth-order valence-electron chi connectivity index (χ4n) is 2.97. The van der Waals surface area contributed by atoms with Crippen LogP contribution in [-0.4, -0.2) is 9.55 Å². The lowest BCUT2D eigenvalue weighted by atomic mass is 10.0. The first-order chi connectivity index (χ1) is 10.3. The maximum absolute atomic E-state index is 4.78. The van der Waals surface area contributed by atoms with Crippen LogP contribution < -0.4 is 0 Å². The van der Waals surface area contributed by atoms with Crippen LogP contribution in [0.15, 0.2) is 66.7 Å². The molecule has 3 aromatic carbocycles. The van der Waals surface area contributed by atoms with Gasteiger partial charge in [-0.15, -0.1) is 0 Å². The zero-order valence-electron chi connectivity index (χ0n) is 12.0. The van der Waals surface area contributed by atoms with Gasteiger partial charge in [-0.3, -0.25) is 0 Å². The molecule has 0 spiro atoms. The molecule has 0 saturated heterocycles. The molecule has 0 unspecified atom stereocenters. The summed E-state index contributed by atoms with van der Waals surface area (Å²) in [6.07, 6.45) is 0.854. The maximum Gasteiger partial charge on any atom is 0.114 e. The molecule has 2 nitrogen and oxygen atoms in total. The molecule has 0 aliphatic heterocycles. The van der Waals surface area contributed by atoms with Crippen LogP contribution in [0.3, 0.4) is 0 Å². The number of hydrogen-bond donors (Lipinski definition) is 0. The van der Waals surface area contributed by atoms with E-state index in [0.717, 1.165) is 17.8 Å². The third-order valence-corrected chi connectivity index (χ3v) is 4.11. The summed E-state index contributed by atoms with van der Waals surface area (Å²) < 4.78 is 2.19. The number of imidazole rings is 1. The Balaban J connectivity index is 1.85.